The van der Waals surface area contributed by atoms with E-state index in [1.165, 1.54) is 11.8 Å². The summed E-state index contributed by atoms with van der Waals surface area (Å²) in [5.74, 6) is 0. The zero-order valence-corrected chi connectivity index (χ0v) is 9.03. The third-order valence-corrected chi connectivity index (χ3v) is 3.08. The molecule has 0 radical (unpaired) electrons. The Morgan fingerprint density at radius 1 is 1.38 bits per heavy atom. The molecule has 1 aromatic rings. The van der Waals surface area contributed by atoms with Crippen molar-refractivity contribution in [3.05, 3.63) is 28.2 Å². The molecule has 1 unspecified atom stereocenters. The highest BCUT2D eigenvalue weighted by Gasteiger charge is 2.04. The first-order valence-electron chi connectivity index (χ1n) is 3.61. The SMILES string of the molecule is NC(CO)Sc1ccc(Cl)c(Cl)c1. The standard InChI is InChI=1S/C8H9Cl2NOS/c9-6-2-1-5(3-7(6)10)13-8(11)4-12/h1-3,8,12H,4,11H2. The summed E-state index contributed by atoms with van der Waals surface area (Å²) in [5.41, 5.74) is 5.53. The van der Waals surface area contributed by atoms with Crippen LogP contribution in [0.5, 0.6) is 0 Å². The van der Waals surface area contributed by atoms with Crippen LogP contribution in [-0.4, -0.2) is 17.1 Å². The van der Waals surface area contributed by atoms with Crippen LogP contribution in [0.25, 0.3) is 0 Å². The fraction of sp³-hybridized carbons (Fsp3) is 0.250. The largest absolute Gasteiger partial charge is 0.394 e. The minimum atomic E-state index is -0.322. The van der Waals surface area contributed by atoms with Crippen LogP contribution in [0.3, 0.4) is 0 Å². The predicted octanol–water partition coefficient (Wildman–Crippen LogP) is 2.36. The van der Waals surface area contributed by atoms with Crippen molar-refractivity contribution in [3.8, 4) is 0 Å². The summed E-state index contributed by atoms with van der Waals surface area (Å²) in [4.78, 5) is 0.899. The van der Waals surface area contributed by atoms with Gasteiger partial charge in [-0.15, -0.1) is 11.8 Å². The number of benzene rings is 1. The van der Waals surface area contributed by atoms with Gasteiger partial charge in [0.2, 0.25) is 0 Å². The Balaban J connectivity index is 2.73. The lowest BCUT2D eigenvalue weighted by molar-refractivity contribution is 0.296. The molecule has 0 bridgehead atoms. The molecule has 1 atom stereocenters. The topological polar surface area (TPSA) is 46.2 Å². The molecule has 0 heterocycles. The molecule has 1 rings (SSSR count). The number of aliphatic hydroxyl groups excluding tert-OH is 1. The van der Waals surface area contributed by atoms with Gasteiger partial charge in [0, 0.05) is 4.90 Å². The van der Waals surface area contributed by atoms with Gasteiger partial charge < -0.3 is 10.8 Å². The zero-order chi connectivity index (χ0) is 9.84. The maximum atomic E-state index is 8.72. The molecule has 2 nitrogen and oxygen atoms in total. The van der Waals surface area contributed by atoms with Crippen LogP contribution < -0.4 is 5.73 Å². The summed E-state index contributed by atoms with van der Waals surface area (Å²) in [6.07, 6.45) is 0. The van der Waals surface area contributed by atoms with Crippen molar-refractivity contribution in [3.63, 3.8) is 0 Å². The molecule has 0 aliphatic carbocycles. The van der Waals surface area contributed by atoms with Gasteiger partial charge in [-0.1, -0.05) is 23.2 Å². The Bertz CT molecular complexity index is 295. The Morgan fingerprint density at radius 2 is 2.08 bits per heavy atom. The fourth-order valence-electron chi connectivity index (χ4n) is 0.762. The van der Waals surface area contributed by atoms with Gasteiger partial charge in [0.1, 0.15) is 0 Å². The Hall–Kier alpha value is 0.0700. The van der Waals surface area contributed by atoms with E-state index in [1.54, 1.807) is 12.1 Å². The molecule has 13 heavy (non-hydrogen) atoms. The molecule has 0 aromatic heterocycles. The molecular weight excluding hydrogens is 229 g/mol. The highest BCUT2D eigenvalue weighted by Crippen LogP contribution is 2.28. The smallest absolute Gasteiger partial charge is 0.0789 e. The quantitative estimate of drug-likeness (QED) is 0.627. The third-order valence-electron chi connectivity index (χ3n) is 1.36. The van der Waals surface area contributed by atoms with Gasteiger partial charge in [-0.05, 0) is 18.2 Å². The van der Waals surface area contributed by atoms with Crippen molar-refractivity contribution in [2.24, 2.45) is 5.73 Å². The molecule has 0 spiro atoms. The number of aliphatic hydroxyl groups is 1. The van der Waals surface area contributed by atoms with Gasteiger partial charge in [0.05, 0.1) is 22.0 Å². The molecule has 0 aliphatic heterocycles. The second-order valence-electron chi connectivity index (χ2n) is 2.41. The van der Waals surface area contributed by atoms with Crippen molar-refractivity contribution in [2.75, 3.05) is 6.61 Å². The van der Waals surface area contributed by atoms with Crippen molar-refractivity contribution in [1.29, 1.82) is 0 Å². The summed E-state index contributed by atoms with van der Waals surface area (Å²) in [6.45, 7) is -0.0646. The first kappa shape index (κ1) is 11.1. The minimum Gasteiger partial charge on any atom is -0.394 e. The first-order chi connectivity index (χ1) is 6.13. The maximum Gasteiger partial charge on any atom is 0.0789 e. The van der Waals surface area contributed by atoms with Crippen LogP contribution in [0.2, 0.25) is 10.0 Å². The molecule has 0 saturated carbocycles. The lowest BCUT2D eigenvalue weighted by atomic mass is 10.4. The van der Waals surface area contributed by atoms with Crippen molar-refractivity contribution in [1.82, 2.24) is 0 Å². The monoisotopic (exact) mass is 237 g/mol. The van der Waals surface area contributed by atoms with Crippen molar-refractivity contribution in [2.45, 2.75) is 10.3 Å². The Labute approximate surface area is 91.0 Å². The van der Waals surface area contributed by atoms with E-state index in [1.807, 2.05) is 6.07 Å². The summed E-state index contributed by atoms with van der Waals surface area (Å²) >= 11 is 12.9. The lowest BCUT2D eigenvalue weighted by Crippen LogP contribution is -2.19. The molecule has 3 N–H and O–H groups in total. The summed E-state index contributed by atoms with van der Waals surface area (Å²) in [5, 5.41) is 9.41. The van der Waals surface area contributed by atoms with E-state index >= 15 is 0 Å². The second kappa shape index (κ2) is 5.08. The van der Waals surface area contributed by atoms with Crippen LogP contribution >= 0.6 is 35.0 Å². The van der Waals surface area contributed by atoms with E-state index < -0.39 is 0 Å². The van der Waals surface area contributed by atoms with Crippen molar-refractivity contribution < 1.29 is 5.11 Å². The molecule has 0 fully saturated rings. The Morgan fingerprint density at radius 3 is 2.62 bits per heavy atom. The highest BCUT2D eigenvalue weighted by molar-refractivity contribution is 7.99. The van der Waals surface area contributed by atoms with Crippen LogP contribution in [0.4, 0.5) is 0 Å². The predicted molar refractivity (Wildman–Crippen MR) is 57.4 cm³/mol. The van der Waals surface area contributed by atoms with Crippen LogP contribution in [-0.2, 0) is 0 Å². The van der Waals surface area contributed by atoms with Crippen molar-refractivity contribution >= 4 is 35.0 Å². The normalized spacial score (nSPS) is 12.9. The van der Waals surface area contributed by atoms with Gasteiger partial charge in [-0.3, -0.25) is 0 Å². The van der Waals surface area contributed by atoms with E-state index in [9.17, 15) is 0 Å². The van der Waals surface area contributed by atoms with Crippen LogP contribution in [0.1, 0.15) is 0 Å². The molecule has 72 valence electrons. The first-order valence-corrected chi connectivity index (χ1v) is 5.25. The third kappa shape index (κ3) is 3.37. The second-order valence-corrected chi connectivity index (χ2v) is 4.54. The minimum absolute atomic E-state index is 0.0646. The number of rotatable bonds is 3. The average Bonchev–Trinajstić information content (AvgIpc) is 2.11. The molecule has 0 amide bonds. The molecule has 5 heteroatoms. The van der Waals surface area contributed by atoms with E-state index in [-0.39, 0.29) is 12.0 Å². The van der Waals surface area contributed by atoms with Gasteiger partial charge in [-0.2, -0.15) is 0 Å². The number of nitrogens with two attached hydrogens (primary N) is 1. The van der Waals surface area contributed by atoms with E-state index in [0.717, 1.165) is 4.90 Å². The van der Waals surface area contributed by atoms with E-state index in [2.05, 4.69) is 0 Å². The number of thioether (sulfide) groups is 1. The van der Waals surface area contributed by atoms with Gasteiger partial charge in [-0.25, -0.2) is 0 Å². The number of halogens is 2. The molecular formula is C8H9Cl2NOS. The van der Waals surface area contributed by atoms with Crippen LogP contribution in [0.15, 0.2) is 23.1 Å². The molecule has 0 saturated heterocycles. The summed E-state index contributed by atoms with van der Waals surface area (Å²) in [6, 6.07) is 5.24. The van der Waals surface area contributed by atoms with Gasteiger partial charge in [0.15, 0.2) is 0 Å². The summed E-state index contributed by atoms with van der Waals surface area (Å²) < 4.78 is 0. The average molecular weight is 238 g/mol. The Kier molecular flexibility index (Phi) is 4.35. The fourth-order valence-corrected chi connectivity index (χ4v) is 1.88. The zero-order valence-electron chi connectivity index (χ0n) is 6.71. The van der Waals surface area contributed by atoms with E-state index in [4.69, 9.17) is 34.0 Å². The lowest BCUT2D eigenvalue weighted by Gasteiger charge is -2.07. The maximum absolute atomic E-state index is 8.72. The number of hydrogen-bond donors (Lipinski definition) is 2. The van der Waals surface area contributed by atoms with Gasteiger partial charge in [0.25, 0.3) is 0 Å². The van der Waals surface area contributed by atoms with Crippen LogP contribution in [0, 0.1) is 0 Å². The summed E-state index contributed by atoms with van der Waals surface area (Å²) in [7, 11) is 0. The van der Waals surface area contributed by atoms with Gasteiger partial charge >= 0.3 is 0 Å². The highest BCUT2D eigenvalue weighted by atomic mass is 35.5. The van der Waals surface area contributed by atoms with E-state index in [0.29, 0.717) is 10.0 Å². The molecule has 0 aliphatic rings. The number of hydrogen-bond acceptors (Lipinski definition) is 3. The molecule has 1 aromatic carbocycles.